The molecule has 0 amide bonds. The molecule has 17 heavy (non-hydrogen) atoms. The summed E-state index contributed by atoms with van der Waals surface area (Å²) in [5.74, 6) is -0.218. The highest BCUT2D eigenvalue weighted by atomic mass is 19.1. The minimum absolute atomic E-state index is 0.00190. The molecule has 0 aliphatic heterocycles. The molecule has 0 radical (unpaired) electrons. The fraction of sp³-hybridized carbons (Fsp3) is 0.308. The zero-order chi connectivity index (χ0) is 12.3. The number of hydrogen-bond acceptors (Lipinski definition) is 2. The van der Waals surface area contributed by atoms with Gasteiger partial charge in [0, 0.05) is 18.8 Å². The first kappa shape index (κ1) is 11.8. The van der Waals surface area contributed by atoms with Crippen molar-refractivity contribution >= 4 is 0 Å². The predicted octanol–water partition coefficient (Wildman–Crippen LogP) is 2.48. The van der Waals surface area contributed by atoms with E-state index >= 15 is 0 Å². The monoisotopic (exact) mass is 233 g/mol. The van der Waals surface area contributed by atoms with Crippen molar-refractivity contribution < 1.29 is 4.39 Å². The van der Waals surface area contributed by atoms with Crippen LogP contribution in [0.3, 0.4) is 0 Å². The molecule has 0 fully saturated rings. The normalized spacial score (nSPS) is 12.6. The zero-order valence-corrected chi connectivity index (χ0v) is 9.81. The van der Waals surface area contributed by atoms with Crippen molar-refractivity contribution in [2.45, 2.75) is 25.9 Å². The van der Waals surface area contributed by atoms with Crippen LogP contribution in [0.4, 0.5) is 4.39 Å². The Morgan fingerprint density at radius 1 is 1.35 bits per heavy atom. The van der Waals surface area contributed by atoms with Gasteiger partial charge in [-0.2, -0.15) is 0 Å². The lowest BCUT2D eigenvalue weighted by Crippen LogP contribution is -2.14. The quantitative estimate of drug-likeness (QED) is 0.881. The summed E-state index contributed by atoms with van der Waals surface area (Å²) in [5, 5.41) is 0. The molecule has 90 valence electrons. The van der Waals surface area contributed by atoms with E-state index in [1.54, 1.807) is 24.7 Å². The number of imidazole rings is 1. The fourth-order valence-corrected chi connectivity index (χ4v) is 1.77. The van der Waals surface area contributed by atoms with Gasteiger partial charge in [0.2, 0.25) is 0 Å². The van der Waals surface area contributed by atoms with Crippen LogP contribution in [0.5, 0.6) is 0 Å². The van der Waals surface area contributed by atoms with Gasteiger partial charge in [-0.3, -0.25) is 0 Å². The van der Waals surface area contributed by atoms with E-state index in [4.69, 9.17) is 5.73 Å². The summed E-state index contributed by atoms with van der Waals surface area (Å²) in [5.41, 5.74) is 8.04. The summed E-state index contributed by atoms with van der Waals surface area (Å²) in [6, 6.07) is 6.47. The molecule has 0 aliphatic rings. The molecule has 0 saturated carbocycles. The number of rotatable bonds is 4. The van der Waals surface area contributed by atoms with Gasteiger partial charge in [-0.25, -0.2) is 9.37 Å². The van der Waals surface area contributed by atoms with Crippen molar-refractivity contribution in [3.63, 3.8) is 0 Å². The van der Waals surface area contributed by atoms with Crippen molar-refractivity contribution in [3.05, 3.63) is 53.9 Å². The van der Waals surface area contributed by atoms with Crippen molar-refractivity contribution in [1.29, 1.82) is 0 Å². The van der Waals surface area contributed by atoms with Gasteiger partial charge in [-0.05, 0) is 24.1 Å². The van der Waals surface area contributed by atoms with Crippen LogP contribution in [0.2, 0.25) is 0 Å². The van der Waals surface area contributed by atoms with Crippen LogP contribution >= 0.6 is 0 Å². The van der Waals surface area contributed by atoms with Crippen LogP contribution in [0.15, 0.2) is 36.8 Å². The predicted molar refractivity (Wildman–Crippen MR) is 64.9 cm³/mol. The van der Waals surface area contributed by atoms with E-state index in [0.717, 1.165) is 17.7 Å². The second-order valence-corrected chi connectivity index (χ2v) is 4.09. The minimum Gasteiger partial charge on any atom is -0.329 e. The second-order valence-electron chi connectivity index (χ2n) is 4.09. The molecule has 0 bridgehead atoms. The third-order valence-electron chi connectivity index (χ3n) is 2.83. The maximum Gasteiger partial charge on any atom is 0.123 e. The first-order valence-corrected chi connectivity index (χ1v) is 5.70. The van der Waals surface area contributed by atoms with Crippen LogP contribution in [-0.2, 0) is 6.54 Å². The highest BCUT2D eigenvalue weighted by molar-refractivity contribution is 5.18. The Bertz CT molecular complexity index is 476. The Morgan fingerprint density at radius 2 is 2.06 bits per heavy atom. The molecule has 0 spiro atoms. The van der Waals surface area contributed by atoms with E-state index in [-0.39, 0.29) is 11.9 Å². The summed E-state index contributed by atoms with van der Waals surface area (Å²) in [6.45, 7) is 2.71. The Kier molecular flexibility index (Phi) is 3.54. The van der Waals surface area contributed by atoms with Gasteiger partial charge in [-0.15, -0.1) is 0 Å². The smallest absolute Gasteiger partial charge is 0.123 e. The van der Waals surface area contributed by atoms with Crippen molar-refractivity contribution in [2.75, 3.05) is 0 Å². The van der Waals surface area contributed by atoms with E-state index in [9.17, 15) is 4.39 Å². The summed E-state index contributed by atoms with van der Waals surface area (Å²) >= 11 is 0. The number of benzene rings is 1. The Balaban J connectivity index is 2.18. The average Bonchev–Trinajstić information content (AvgIpc) is 2.79. The molecule has 2 N–H and O–H groups in total. The molecule has 3 nitrogen and oxygen atoms in total. The van der Waals surface area contributed by atoms with Crippen molar-refractivity contribution in [3.8, 4) is 0 Å². The maximum absolute atomic E-state index is 12.8. The lowest BCUT2D eigenvalue weighted by Gasteiger charge is -2.12. The highest BCUT2D eigenvalue weighted by Crippen LogP contribution is 2.15. The van der Waals surface area contributed by atoms with Gasteiger partial charge in [0.15, 0.2) is 0 Å². The molecule has 4 heteroatoms. The summed E-state index contributed by atoms with van der Waals surface area (Å²) in [6.07, 6.45) is 4.42. The topological polar surface area (TPSA) is 43.8 Å². The van der Waals surface area contributed by atoms with Crippen LogP contribution < -0.4 is 5.73 Å². The number of nitrogens with two attached hydrogens (primary N) is 1. The van der Waals surface area contributed by atoms with Crippen LogP contribution in [-0.4, -0.2) is 9.55 Å². The second kappa shape index (κ2) is 5.10. The summed E-state index contributed by atoms with van der Waals surface area (Å²) in [7, 11) is 0. The number of halogens is 1. The molecule has 0 saturated heterocycles. The van der Waals surface area contributed by atoms with Gasteiger partial charge in [0.05, 0.1) is 12.0 Å². The molecule has 1 aromatic heterocycles. The maximum atomic E-state index is 12.8. The van der Waals surface area contributed by atoms with Gasteiger partial charge in [-0.1, -0.05) is 19.1 Å². The molecule has 1 heterocycles. The van der Waals surface area contributed by atoms with E-state index in [0.29, 0.717) is 6.54 Å². The molecular weight excluding hydrogens is 217 g/mol. The van der Waals surface area contributed by atoms with Gasteiger partial charge in [0.1, 0.15) is 5.82 Å². The molecule has 0 unspecified atom stereocenters. The standard InChI is InChI=1S/C13H16FN3/c1-2-12(15)13-7-16-9-17(13)8-10-3-5-11(14)6-4-10/h3-7,9,12H,2,8,15H2,1H3/t12-/m1/s1. The molecule has 1 aromatic carbocycles. The summed E-state index contributed by atoms with van der Waals surface area (Å²) in [4.78, 5) is 4.11. The molecule has 2 aromatic rings. The lowest BCUT2D eigenvalue weighted by molar-refractivity contribution is 0.613. The third kappa shape index (κ3) is 2.71. The third-order valence-corrected chi connectivity index (χ3v) is 2.83. The van der Waals surface area contributed by atoms with Crippen LogP contribution in [0.1, 0.15) is 30.6 Å². The first-order valence-electron chi connectivity index (χ1n) is 5.70. The Labute approximate surface area is 100 Å². The lowest BCUT2D eigenvalue weighted by atomic mass is 10.1. The number of nitrogens with zero attached hydrogens (tertiary/aromatic N) is 2. The minimum atomic E-state index is -0.218. The summed E-state index contributed by atoms with van der Waals surface area (Å²) < 4.78 is 14.8. The molecular formula is C13H16FN3. The van der Waals surface area contributed by atoms with Gasteiger partial charge < -0.3 is 10.3 Å². The fourth-order valence-electron chi connectivity index (χ4n) is 1.77. The van der Waals surface area contributed by atoms with Crippen LogP contribution in [0.25, 0.3) is 0 Å². The average molecular weight is 233 g/mol. The molecule has 2 rings (SSSR count). The van der Waals surface area contributed by atoms with Crippen LogP contribution in [0, 0.1) is 5.82 Å². The largest absolute Gasteiger partial charge is 0.329 e. The van der Waals surface area contributed by atoms with Gasteiger partial charge >= 0.3 is 0 Å². The molecule has 0 aliphatic carbocycles. The first-order chi connectivity index (χ1) is 8.20. The SMILES string of the molecule is CC[C@@H](N)c1cncn1Cc1ccc(F)cc1. The van der Waals surface area contributed by atoms with Crippen molar-refractivity contribution in [2.24, 2.45) is 5.73 Å². The Morgan fingerprint density at radius 3 is 2.71 bits per heavy atom. The molecule has 1 atom stereocenters. The zero-order valence-electron chi connectivity index (χ0n) is 9.81. The highest BCUT2D eigenvalue weighted by Gasteiger charge is 2.09. The van der Waals surface area contributed by atoms with E-state index in [2.05, 4.69) is 4.98 Å². The number of aromatic nitrogens is 2. The van der Waals surface area contributed by atoms with E-state index in [1.165, 1.54) is 12.1 Å². The Hall–Kier alpha value is -1.68. The van der Waals surface area contributed by atoms with Crippen molar-refractivity contribution in [1.82, 2.24) is 9.55 Å². The van der Waals surface area contributed by atoms with E-state index in [1.807, 2.05) is 11.5 Å². The number of hydrogen-bond donors (Lipinski definition) is 1. The van der Waals surface area contributed by atoms with Gasteiger partial charge in [0.25, 0.3) is 0 Å². The van der Waals surface area contributed by atoms with E-state index < -0.39 is 0 Å².